The van der Waals surface area contributed by atoms with Gasteiger partial charge in [-0.2, -0.15) is 5.10 Å². The van der Waals surface area contributed by atoms with Crippen LogP contribution >= 0.6 is 0 Å². The molecule has 0 bridgehead atoms. The molecule has 0 radical (unpaired) electrons. The Morgan fingerprint density at radius 1 is 1.15 bits per heavy atom. The predicted octanol–water partition coefficient (Wildman–Crippen LogP) is 2.90. The first kappa shape index (κ1) is 13.7. The molecule has 1 N–H and O–H groups in total. The normalized spacial score (nSPS) is 11.6. The minimum Gasteiger partial charge on any atom is -0.266 e. The molecule has 0 aliphatic heterocycles. The molecule has 0 aliphatic carbocycles. The monoisotopic (exact) mass is 265 g/mol. The topological polar surface area (TPSA) is 54.4 Å². The molecule has 20 heavy (non-hydrogen) atoms. The van der Waals surface area contributed by atoms with Gasteiger partial charge in [0, 0.05) is 6.20 Å². The number of aromatic nitrogens is 1. The van der Waals surface area contributed by atoms with Crippen molar-refractivity contribution in [2.24, 2.45) is 5.10 Å². The molecule has 0 atom stereocenters. The first-order chi connectivity index (χ1) is 9.75. The Balaban J connectivity index is 1.94. The summed E-state index contributed by atoms with van der Waals surface area (Å²) in [7, 11) is 0. The van der Waals surface area contributed by atoms with Crippen molar-refractivity contribution >= 4 is 18.2 Å². The lowest BCUT2D eigenvalue weighted by atomic mass is 10.1. The van der Waals surface area contributed by atoms with Crippen LogP contribution in [0, 0.1) is 0 Å². The number of nitrogens with one attached hydrogen (secondary N) is 1. The number of nitrogens with zero attached hydrogens (tertiary/aromatic N) is 2. The lowest BCUT2D eigenvalue weighted by Crippen LogP contribution is -2.18. The standard InChI is InChI=1S/C16H15N3O/c1-13(11-14-7-3-2-4-8-14)12-18-19-16(20)15-9-5-6-10-17-15/h2-12H,1H3,(H,19,20)/b13-11-,18-12+. The first-order valence-electron chi connectivity index (χ1n) is 6.23. The third-order valence-corrected chi connectivity index (χ3v) is 2.53. The molecule has 0 saturated heterocycles. The Hall–Kier alpha value is -2.75. The maximum atomic E-state index is 11.7. The fraction of sp³-hybridized carbons (Fsp3) is 0.0625. The van der Waals surface area contributed by atoms with Crippen LogP contribution < -0.4 is 5.43 Å². The zero-order valence-corrected chi connectivity index (χ0v) is 11.2. The van der Waals surface area contributed by atoms with Crippen LogP contribution in [0.4, 0.5) is 0 Å². The number of pyridine rings is 1. The van der Waals surface area contributed by atoms with Crippen LogP contribution in [-0.4, -0.2) is 17.1 Å². The summed E-state index contributed by atoms with van der Waals surface area (Å²) >= 11 is 0. The Bertz CT molecular complexity index is 619. The van der Waals surface area contributed by atoms with E-state index in [0.717, 1.165) is 11.1 Å². The van der Waals surface area contributed by atoms with Gasteiger partial charge in [-0.25, -0.2) is 5.43 Å². The summed E-state index contributed by atoms with van der Waals surface area (Å²) in [6.45, 7) is 1.92. The molecule has 1 aromatic carbocycles. The summed E-state index contributed by atoms with van der Waals surface area (Å²) < 4.78 is 0. The molecule has 100 valence electrons. The quantitative estimate of drug-likeness (QED) is 0.682. The van der Waals surface area contributed by atoms with Crippen molar-refractivity contribution in [3.63, 3.8) is 0 Å². The van der Waals surface area contributed by atoms with Crippen molar-refractivity contribution in [2.45, 2.75) is 6.92 Å². The summed E-state index contributed by atoms with van der Waals surface area (Å²) in [6, 6.07) is 15.1. The van der Waals surface area contributed by atoms with Crippen LogP contribution in [0.3, 0.4) is 0 Å². The van der Waals surface area contributed by atoms with Gasteiger partial charge in [-0.1, -0.05) is 42.5 Å². The molecule has 4 heteroatoms. The van der Waals surface area contributed by atoms with Gasteiger partial charge in [0.1, 0.15) is 5.69 Å². The summed E-state index contributed by atoms with van der Waals surface area (Å²) in [5.41, 5.74) is 4.82. The number of carbonyl (C=O) groups is 1. The third-order valence-electron chi connectivity index (χ3n) is 2.53. The van der Waals surface area contributed by atoms with Crippen molar-refractivity contribution < 1.29 is 4.79 Å². The molecular formula is C16H15N3O. The number of benzene rings is 1. The Morgan fingerprint density at radius 2 is 1.90 bits per heavy atom. The van der Waals surface area contributed by atoms with Gasteiger partial charge in [0.15, 0.2) is 0 Å². The van der Waals surface area contributed by atoms with Crippen molar-refractivity contribution in [3.8, 4) is 0 Å². The molecule has 1 heterocycles. The van der Waals surface area contributed by atoms with E-state index in [1.54, 1.807) is 30.6 Å². The van der Waals surface area contributed by atoms with Gasteiger partial charge in [0.25, 0.3) is 5.91 Å². The lowest BCUT2D eigenvalue weighted by molar-refractivity contribution is 0.0950. The number of hydrogen-bond acceptors (Lipinski definition) is 3. The van der Waals surface area contributed by atoms with Crippen LogP contribution in [-0.2, 0) is 0 Å². The summed E-state index contributed by atoms with van der Waals surface area (Å²) in [5, 5.41) is 3.91. The van der Waals surface area contributed by atoms with E-state index >= 15 is 0 Å². The number of allylic oxidation sites excluding steroid dienone is 1. The first-order valence-corrected chi connectivity index (χ1v) is 6.23. The van der Waals surface area contributed by atoms with Crippen LogP contribution in [0.25, 0.3) is 6.08 Å². The van der Waals surface area contributed by atoms with E-state index in [1.165, 1.54) is 0 Å². The number of hydrogen-bond donors (Lipinski definition) is 1. The summed E-state index contributed by atoms with van der Waals surface area (Å²) in [4.78, 5) is 15.6. The largest absolute Gasteiger partial charge is 0.289 e. The fourth-order valence-corrected chi connectivity index (χ4v) is 1.60. The average Bonchev–Trinajstić information content (AvgIpc) is 2.49. The van der Waals surface area contributed by atoms with E-state index in [4.69, 9.17) is 0 Å². The van der Waals surface area contributed by atoms with Crippen molar-refractivity contribution in [3.05, 3.63) is 71.6 Å². The van der Waals surface area contributed by atoms with Crippen LogP contribution in [0.5, 0.6) is 0 Å². The van der Waals surface area contributed by atoms with Crippen molar-refractivity contribution in [1.82, 2.24) is 10.4 Å². The second-order valence-electron chi connectivity index (χ2n) is 4.21. The molecule has 1 amide bonds. The van der Waals surface area contributed by atoms with Gasteiger partial charge in [0.05, 0.1) is 6.21 Å². The molecule has 0 spiro atoms. The minimum absolute atomic E-state index is 0.325. The Kier molecular flexibility index (Phi) is 4.78. The second kappa shape index (κ2) is 6.99. The molecule has 1 aromatic heterocycles. The number of carbonyl (C=O) groups excluding carboxylic acids is 1. The van der Waals surface area contributed by atoms with E-state index in [1.807, 2.05) is 43.3 Å². The summed E-state index contributed by atoms with van der Waals surface area (Å²) in [6.07, 6.45) is 5.16. The predicted molar refractivity (Wildman–Crippen MR) is 80.3 cm³/mol. The molecule has 0 saturated carbocycles. The number of rotatable bonds is 4. The van der Waals surface area contributed by atoms with Crippen LogP contribution in [0.15, 0.2) is 65.4 Å². The van der Waals surface area contributed by atoms with E-state index in [9.17, 15) is 4.79 Å². The Labute approximate surface area is 117 Å². The zero-order chi connectivity index (χ0) is 14.2. The average molecular weight is 265 g/mol. The molecule has 2 aromatic rings. The van der Waals surface area contributed by atoms with Crippen molar-refractivity contribution in [2.75, 3.05) is 0 Å². The van der Waals surface area contributed by atoms with Gasteiger partial charge in [0.2, 0.25) is 0 Å². The molecule has 4 nitrogen and oxygen atoms in total. The highest BCUT2D eigenvalue weighted by atomic mass is 16.2. The second-order valence-corrected chi connectivity index (χ2v) is 4.21. The van der Waals surface area contributed by atoms with Gasteiger partial charge < -0.3 is 0 Å². The van der Waals surface area contributed by atoms with Gasteiger partial charge in [-0.05, 0) is 30.2 Å². The van der Waals surface area contributed by atoms with Crippen LogP contribution in [0.2, 0.25) is 0 Å². The highest BCUT2D eigenvalue weighted by Gasteiger charge is 2.03. The maximum absolute atomic E-state index is 11.7. The van der Waals surface area contributed by atoms with Crippen molar-refractivity contribution in [1.29, 1.82) is 0 Å². The Morgan fingerprint density at radius 3 is 2.60 bits per heavy atom. The fourth-order valence-electron chi connectivity index (χ4n) is 1.60. The van der Waals surface area contributed by atoms with E-state index in [-0.39, 0.29) is 5.91 Å². The number of hydrazone groups is 1. The van der Waals surface area contributed by atoms with Gasteiger partial charge in [-0.15, -0.1) is 0 Å². The lowest BCUT2D eigenvalue weighted by Gasteiger charge is -1.98. The number of amides is 1. The molecule has 2 rings (SSSR count). The maximum Gasteiger partial charge on any atom is 0.289 e. The van der Waals surface area contributed by atoms with Gasteiger partial charge in [-0.3, -0.25) is 9.78 Å². The molecule has 0 unspecified atom stereocenters. The highest BCUT2D eigenvalue weighted by molar-refractivity contribution is 5.93. The zero-order valence-electron chi connectivity index (χ0n) is 11.2. The smallest absolute Gasteiger partial charge is 0.266 e. The van der Waals surface area contributed by atoms with E-state index in [2.05, 4.69) is 15.5 Å². The SMILES string of the molecule is CC(=C/c1ccccc1)/C=N/NC(=O)c1ccccn1. The van der Waals surface area contributed by atoms with Gasteiger partial charge >= 0.3 is 0 Å². The minimum atomic E-state index is -0.325. The van der Waals surface area contributed by atoms with E-state index < -0.39 is 0 Å². The summed E-state index contributed by atoms with van der Waals surface area (Å²) in [5.74, 6) is -0.325. The molecule has 0 aliphatic rings. The highest BCUT2D eigenvalue weighted by Crippen LogP contribution is 2.04. The third kappa shape index (κ3) is 4.17. The van der Waals surface area contributed by atoms with Crippen LogP contribution in [0.1, 0.15) is 23.0 Å². The molecular weight excluding hydrogens is 250 g/mol. The van der Waals surface area contributed by atoms with E-state index in [0.29, 0.717) is 5.69 Å². The molecule has 0 fully saturated rings.